The number of likely N-dealkylation sites (N-methyl/N-ethyl adjacent to an activating group) is 1. The largest absolute Gasteiger partial charge is 0.381 e. The fourth-order valence-electron chi connectivity index (χ4n) is 3.53. The summed E-state index contributed by atoms with van der Waals surface area (Å²) in [5.41, 5.74) is 0.147. The number of hydrogen-bond donors (Lipinski definition) is 1. The summed E-state index contributed by atoms with van der Waals surface area (Å²) in [6, 6.07) is 2.09. The highest BCUT2D eigenvalue weighted by Gasteiger charge is 2.34. The lowest BCUT2D eigenvalue weighted by Gasteiger charge is -2.43. The van der Waals surface area contributed by atoms with Gasteiger partial charge in [0.15, 0.2) is 0 Å². The average molecular weight is 319 g/mol. The van der Waals surface area contributed by atoms with Crippen LogP contribution in [0.3, 0.4) is 0 Å². The van der Waals surface area contributed by atoms with E-state index in [9.17, 15) is 0 Å². The van der Waals surface area contributed by atoms with Crippen molar-refractivity contribution in [3.8, 4) is 0 Å². The molecule has 1 N–H and O–H groups in total. The third kappa shape index (κ3) is 3.93. The number of nitrogens with one attached hydrogen (secondary N) is 1. The van der Waals surface area contributed by atoms with Crippen LogP contribution >= 0.6 is 0 Å². The zero-order valence-electron chi connectivity index (χ0n) is 14.4. The first-order chi connectivity index (χ1) is 11.2. The minimum absolute atomic E-state index is 0.147. The van der Waals surface area contributed by atoms with Crippen LogP contribution in [-0.2, 0) is 4.74 Å². The van der Waals surface area contributed by atoms with Gasteiger partial charge in [0, 0.05) is 44.5 Å². The second kappa shape index (κ2) is 7.45. The molecule has 0 amide bonds. The summed E-state index contributed by atoms with van der Waals surface area (Å²) in [4.78, 5) is 13.6. The molecule has 0 atom stereocenters. The predicted molar refractivity (Wildman–Crippen MR) is 93.1 cm³/mol. The van der Waals surface area contributed by atoms with Crippen LogP contribution < -0.4 is 10.2 Å². The summed E-state index contributed by atoms with van der Waals surface area (Å²) in [6.07, 6.45) is 7.64. The quantitative estimate of drug-likeness (QED) is 0.896. The molecule has 0 radical (unpaired) electrons. The van der Waals surface area contributed by atoms with Crippen LogP contribution in [-0.4, -0.2) is 67.4 Å². The van der Waals surface area contributed by atoms with E-state index < -0.39 is 0 Å². The van der Waals surface area contributed by atoms with Crippen LogP contribution in [0.15, 0.2) is 12.4 Å². The first kappa shape index (κ1) is 16.5. The highest BCUT2D eigenvalue weighted by molar-refractivity contribution is 5.48. The molecule has 6 nitrogen and oxygen atoms in total. The molecular formula is C17H29N5O. The summed E-state index contributed by atoms with van der Waals surface area (Å²) >= 11 is 0. The standard InChI is InChI=1S/C17H29N5O/c1-21(2)17(6-10-23-11-7-17)13-18-15-12-16(20-14-19-15)22-8-4-3-5-9-22/h12,14H,3-11,13H2,1-2H3,(H,18,19,20). The number of piperidine rings is 1. The van der Waals surface area contributed by atoms with Gasteiger partial charge < -0.3 is 19.9 Å². The average Bonchev–Trinajstić information content (AvgIpc) is 2.62. The van der Waals surface area contributed by atoms with Gasteiger partial charge in [0.25, 0.3) is 0 Å². The first-order valence-corrected chi connectivity index (χ1v) is 8.76. The molecule has 0 saturated carbocycles. The second-order valence-corrected chi connectivity index (χ2v) is 6.89. The van der Waals surface area contributed by atoms with Crippen molar-refractivity contribution in [1.82, 2.24) is 14.9 Å². The second-order valence-electron chi connectivity index (χ2n) is 6.89. The third-order valence-corrected chi connectivity index (χ3v) is 5.30. The Labute approximate surface area is 139 Å². The molecule has 128 valence electrons. The van der Waals surface area contributed by atoms with Gasteiger partial charge in [0.05, 0.1) is 0 Å². The van der Waals surface area contributed by atoms with Gasteiger partial charge in [-0.15, -0.1) is 0 Å². The molecular weight excluding hydrogens is 290 g/mol. The van der Waals surface area contributed by atoms with E-state index in [2.05, 4.69) is 45.2 Å². The Kier molecular flexibility index (Phi) is 5.33. The summed E-state index contributed by atoms with van der Waals surface area (Å²) in [6.45, 7) is 4.77. The molecule has 3 rings (SSSR count). The maximum atomic E-state index is 5.54. The lowest BCUT2D eigenvalue weighted by atomic mass is 9.88. The normalized spacial score (nSPS) is 21.4. The zero-order chi connectivity index (χ0) is 16.1. The minimum atomic E-state index is 0.147. The van der Waals surface area contributed by atoms with Gasteiger partial charge in [-0.25, -0.2) is 9.97 Å². The molecule has 1 aromatic rings. The molecule has 0 unspecified atom stereocenters. The monoisotopic (exact) mass is 319 g/mol. The highest BCUT2D eigenvalue weighted by Crippen LogP contribution is 2.27. The minimum Gasteiger partial charge on any atom is -0.381 e. The predicted octanol–water partition coefficient (Wildman–Crippen LogP) is 1.99. The SMILES string of the molecule is CN(C)C1(CNc2cc(N3CCCCC3)ncn2)CCOCC1. The highest BCUT2D eigenvalue weighted by atomic mass is 16.5. The molecule has 23 heavy (non-hydrogen) atoms. The first-order valence-electron chi connectivity index (χ1n) is 8.76. The van der Waals surface area contributed by atoms with Crippen molar-refractivity contribution < 1.29 is 4.74 Å². The molecule has 1 aromatic heterocycles. The van der Waals surface area contributed by atoms with Crippen LogP contribution in [0.25, 0.3) is 0 Å². The van der Waals surface area contributed by atoms with Crippen molar-refractivity contribution in [3.63, 3.8) is 0 Å². The van der Waals surface area contributed by atoms with Gasteiger partial charge in [-0.1, -0.05) is 0 Å². The van der Waals surface area contributed by atoms with Gasteiger partial charge in [-0.3, -0.25) is 0 Å². The molecule has 0 spiro atoms. The number of nitrogens with zero attached hydrogens (tertiary/aromatic N) is 4. The molecule has 3 heterocycles. The molecule has 0 aliphatic carbocycles. The summed E-state index contributed by atoms with van der Waals surface area (Å²) < 4.78 is 5.54. The van der Waals surface area contributed by atoms with Crippen LogP contribution in [0.4, 0.5) is 11.6 Å². The number of rotatable bonds is 5. The van der Waals surface area contributed by atoms with Gasteiger partial charge in [0.1, 0.15) is 18.0 Å². The van der Waals surface area contributed by atoms with Gasteiger partial charge >= 0.3 is 0 Å². The Hall–Kier alpha value is -1.40. The molecule has 6 heteroatoms. The van der Waals surface area contributed by atoms with E-state index in [4.69, 9.17) is 4.74 Å². The number of anilines is 2. The number of hydrogen-bond acceptors (Lipinski definition) is 6. The van der Waals surface area contributed by atoms with Crippen molar-refractivity contribution >= 4 is 11.6 Å². The summed E-state index contributed by atoms with van der Waals surface area (Å²) in [7, 11) is 4.32. The van der Waals surface area contributed by atoms with Crippen molar-refractivity contribution in [2.45, 2.75) is 37.6 Å². The molecule has 2 fully saturated rings. The maximum Gasteiger partial charge on any atom is 0.134 e. The molecule has 2 aliphatic heterocycles. The van der Waals surface area contributed by atoms with E-state index in [0.717, 1.165) is 57.3 Å². The fourth-order valence-corrected chi connectivity index (χ4v) is 3.53. The van der Waals surface area contributed by atoms with Crippen molar-refractivity contribution in [3.05, 3.63) is 12.4 Å². The van der Waals surface area contributed by atoms with E-state index in [0.29, 0.717) is 0 Å². The van der Waals surface area contributed by atoms with E-state index in [1.807, 2.05) is 0 Å². The van der Waals surface area contributed by atoms with Crippen molar-refractivity contribution in [1.29, 1.82) is 0 Å². The van der Waals surface area contributed by atoms with E-state index in [1.165, 1.54) is 19.3 Å². The Morgan fingerprint density at radius 3 is 2.61 bits per heavy atom. The summed E-state index contributed by atoms with van der Waals surface area (Å²) in [5.74, 6) is 1.97. The number of ether oxygens (including phenoxy) is 1. The van der Waals surface area contributed by atoms with Gasteiger partial charge in [-0.05, 0) is 46.2 Å². The van der Waals surface area contributed by atoms with Crippen LogP contribution in [0, 0.1) is 0 Å². The van der Waals surface area contributed by atoms with Crippen LogP contribution in [0.5, 0.6) is 0 Å². The fraction of sp³-hybridized carbons (Fsp3) is 0.765. The Morgan fingerprint density at radius 2 is 1.91 bits per heavy atom. The topological polar surface area (TPSA) is 53.5 Å². The van der Waals surface area contributed by atoms with Gasteiger partial charge in [-0.2, -0.15) is 0 Å². The molecule has 2 saturated heterocycles. The van der Waals surface area contributed by atoms with E-state index in [1.54, 1.807) is 6.33 Å². The molecule has 2 aliphatic rings. The van der Waals surface area contributed by atoms with Crippen LogP contribution in [0.1, 0.15) is 32.1 Å². The Balaban J connectivity index is 1.65. The zero-order valence-corrected chi connectivity index (χ0v) is 14.4. The van der Waals surface area contributed by atoms with E-state index >= 15 is 0 Å². The third-order valence-electron chi connectivity index (χ3n) is 5.30. The van der Waals surface area contributed by atoms with Crippen LogP contribution in [0.2, 0.25) is 0 Å². The van der Waals surface area contributed by atoms with E-state index in [-0.39, 0.29) is 5.54 Å². The maximum absolute atomic E-state index is 5.54. The van der Waals surface area contributed by atoms with Crippen molar-refractivity contribution in [2.75, 3.05) is 57.2 Å². The Bertz CT molecular complexity index is 496. The van der Waals surface area contributed by atoms with Gasteiger partial charge in [0.2, 0.25) is 0 Å². The lowest BCUT2D eigenvalue weighted by Crippen LogP contribution is -2.53. The lowest BCUT2D eigenvalue weighted by molar-refractivity contribution is -0.000665. The number of aromatic nitrogens is 2. The molecule has 0 bridgehead atoms. The smallest absolute Gasteiger partial charge is 0.134 e. The summed E-state index contributed by atoms with van der Waals surface area (Å²) in [5, 5.41) is 3.54. The van der Waals surface area contributed by atoms with Crippen molar-refractivity contribution in [2.24, 2.45) is 0 Å². The Morgan fingerprint density at radius 1 is 1.17 bits per heavy atom. The molecule has 0 aromatic carbocycles.